The number of carbonyl (C=O) groups is 1. The second-order valence-electron chi connectivity index (χ2n) is 5.61. The van der Waals surface area contributed by atoms with Crippen LogP contribution in [0.3, 0.4) is 0 Å². The van der Waals surface area contributed by atoms with Gasteiger partial charge in [-0.25, -0.2) is 0 Å². The quantitative estimate of drug-likeness (QED) is 0.826. The summed E-state index contributed by atoms with van der Waals surface area (Å²) in [6.07, 6.45) is 2.51. The first-order valence-corrected chi connectivity index (χ1v) is 7.41. The molecule has 21 heavy (non-hydrogen) atoms. The normalized spacial score (nSPS) is 14.5. The van der Waals surface area contributed by atoms with Crippen molar-refractivity contribution < 1.29 is 4.79 Å². The maximum Gasteiger partial charge on any atom is 0.232 e. The Labute approximate surface area is 125 Å². The van der Waals surface area contributed by atoms with Gasteiger partial charge in [-0.1, -0.05) is 55.0 Å². The number of amides is 1. The number of nitrogens with two attached hydrogens (primary N) is 2. The summed E-state index contributed by atoms with van der Waals surface area (Å²) in [6.45, 7) is 0.637. The van der Waals surface area contributed by atoms with Crippen molar-refractivity contribution in [2.75, 3.05) is 6.54 Å². The van der Waals surface area contributed by atoms with E-state index in [1.165, 1.54) is 0 Å². The topological polar surface area (TPSA) is 69.1 Å². The monoisotopic (exact) mass is 280 g/mol. The van der Waals surface area contributed by atoms with E-state index in [2.05, 4.69) is 12.1 Å². The van der Waals surface area contributed by atoms with Crippen LogP contribution in [0, 0.1) is 0 Å². The standard InChI is InChI=1S/C18H20N2O/c19-12-6-5-11-18(17(20)21)15-9-3-1-7-13(15)14-8-2-4-10-16(14)18/h1-4,7-10H,5-6,11-12,19H2,(H2,20,21). The zero-order valence-electron chi connectivity index (χ0n) is 12.0. The van der Waals surface area contributed by atoms with E-state index in [1.54, 1.807) is 0 Å². The van der Waals surface area contributed by atoms with Gasteiger partial charge >= 0.3 is 0 Å². The average Bonchev–Trinajstić information content (AvgIpc) is 2.80. The first-order valence-electron chi connectivity index (χ1n) is 7.41. The fraction of sp³-hybridized carbons (Fsp3) is 0.278. The molecule has 1 amide bonds. The number of hydrogen-bond donors (Lipinski definition) is 2. The van der Waals surface area contributed by atoms with E-state index < -0.39 is 5.41 Å². The lowest BCUT2D eigenvalue weighted by atomic mass is 9.73. The third-order valence-corrected chi connectivity index (χ3v) is 4.49. The Hall–Kier alpha value is -2.13. The third kappa shape index (κ3) is 1.96. The second-order valence-corrected chi connectivity index (χ2v) is 5.61. The lowest BCUT2D eigenvalue weighted by molar-refractivity contribution is -0.122. The van der Waals surface area contributed by atoms with Crippen LogP contribution in [-0.2, 0) is 10.2 Å². The van der Waals surface area contributed by atoms with Gasteiger partial charge in [0.15, 0.2) is 0 Å². The Balaban J connectivity index is 2.20. The van der Waals surface area contributed by atoms with Gasteiger partial charge in [-0.15, -0.1) is 0 Å². The number of carbonyl (C=O) groups excluding carboxylic acids is 1. The van der Waals surface area contributed by atoms with Gasteiger partial charge in [0.2, 0.25) is 5.91 Å². The summed E-state index contributed by atoms with van der Waals surface area (Å²) in [6, 6.07) is 16.2. The molecular weight excluding hydrogens is 260 g/mol. The number of rotatable bonds is 5. The van der Waals surface area contributed by atoms with Gasteiger partial charge in [0.25, 0.3) is 0 Å². The molecule has 0 atom stereocenters. The SMILES string of the molecule is NCCCCC1(C(N)=O)c2ccccc2-c2ccccc21. The van der Waals surface area contributed by atoms with Crippen LogP contribution in [0.15, 0.2) is 48.5 Å². The van der Waals surface area contributed by atoms with Crippen molar-refractivity contribution in [3.63, 3.8) is 0 Å². The zero-order valence-corrected chi connectivity index (χ0v) is 12.0. The molecule has 0 saturated heterocycles. The van der Waals surface area contributed by atoms with Crippen LogP contribution in [0.1, 0.15) is 30.4 Å². The van der Waals surface area contributed by atoms with E-state index in [0.29, 0.717) is 13.0 Å². The minimum absolute atomic E-state index is 0.267. The van der Waals surface area contributed by atoms with Gasteiger partial charge in [0.1, 0.15) is 0 Å². The minimum Gasteiger partial charge on any atom is -0.369 e. The molecular formula is C18H20N2O. The Morgan fingerprint density at radius 1 is 0.905 bits per heavy atom. The molecule has 2 aromatic rings. The van der Waals surface area contributed by atoms with Crippen LogP contribution in [0.5, 0.6) is 0 Å². The summed E-state index contributed by atoms with van der Waals surface area (Å²) < 4.78 is 0. The van der Waals surface area contributed by atoms with E-state index in [-0.39, 0.29) is 5.91 Å². The third-order valence-electron chi connectivity index (χ3n) is 4.49. The van der Waals surface area contributed by atoms with E-state index in [9.17, 15) is 4.79 Å². The Bertz CT molecular complexity index is 633. The highest BCUT2D eigenvalue weighted by Gasteiger charge is 2.47. The van der Waals surface area contributed by atoms with Crippen molar-refractivity contribution in [3.05, 3.63) is 59.7 Å². The highest BCUT2D eigenvalue weighted by Crippen LogP contribution is 2.51. The van der Waals surface area contributed by atoms with Gasteiger partial charge in [-0.3, -0.25) is 4.79 Å². The van der Waals surface area contributed by atoms with Crippen molar-refractivity contribution in [3.8, 4) is 11.1 Å². The first-order chi connectivity index (χ1) is 10.2. The van der Waals surface area contributed by atoms with Crippen LogP contribution < -0.4 is 11.5 Å². The number of primary amides is 1. The first kappa shape index (κ1) is 13.8. The van der Waals surface area contributed by atoms with Crippen LogP contribution >= 0.6 is 0 Å². The van der Waals surface area contributed by atoms with E-state index in [0.717, 1.165) is 35.1 Å². The number of unbranched alkanes of at least 4 members (excludes halogenated alkanes) is 1. The Morgan fingerprint density at radius 2 is 1.43 bits per heavy atom. The molecule has 1 aliphatic rings. The molecule has 0 fully saturated rings. The molecule has 0 aromatic heterocycles. The molecule has 0 unspecified atom stereocenters. The lowest BCUT2D eigenvalue weighted by Crippen LogP contribution is -2.40. The van der Waals surface area contributed by atoms with Gasteiger partial charge in [0.05, 0.1) is 5.41 Å². The largest absolute Gasteiger partial charge is 0.369 e. The molecule has 3 heteroatoms. The van der Waals surface area contributed by atoms with Crippen molar-refractivity contribution in [1.82, 2.24) is 0 Å². The van der Waals surface area contributed by atoms with Crippen molar-refractivity contribution in [2.45, 2.75) is 24.7 Å². The van der Waals surface area contributed by atoms with Crippen LogP contribution in [-0.4, -0.2) is 12.5 Å². The predicted molar refractivity (Wildman–Crippen MR) is 84.8 cm³/mol. The summed E-state index contributed by atoms with van der Waals surface area (Å²) in [7, 11) is 0. The van der Waals surface area contributed by atoms with Gasteiger partial charge in [0, 0.05) is 0 Å². The van der Waals surface area contributed by atoms with Gasteiger partial charge in [-0.05, 0) is 41.6 Å². The summed E-state index contributed by atoms with van der Waals surface area (Å²) in [5, 5.41) is 0. The molecule has 108 valence electrons. The summed E-state index contributed by atoms with van der Waals surface area (Å²) in [4.78, 5) is 12.4. The molecule has 0 aliphatic heterocycles. The molecule has 0 radical (unpaired) electrons. The molecule has 0 heterocycles. The zero-order chi connectivity index (χ0) is 14.9. The van der Waals surface area contributed by atoms with E-state index >= 15 is 0 Å². The van der Waals surface area contributed by atoms with Gasteiger partial charge < -0.3 is 11.5 Å². The molecule has 3 nitrogen and oxygen atoms in total. The number of benzene rings is 2. The van der Waals surface area contributed by atoms with Crippen molar-refractivity contribution >= 4 is 5.91 Å². The number of fused-ring (bicyclic) bond motifs is 3. The lowest BCUT2D eigenvalue weighted by Gasteiger charge is -2.28. The van der Waals surface area contributed by atoms with Crippen LogP contribution in [0.25, 0.3) is 11.1 Å². The molecule has 4 N–H and O–H groups in total. The molecule has 1 aliphatic carbocycles. The smallest absolute Gasteiger partial charge is 0.232 e. The summed E-state index contributed by atoms with van der Waals surface area (Å²) >= 11 is 0. The number of hydrogen-bond acceptors (Lipinski definition) is 2. The average molecular weight is 280 g/mol. The molecule has 3 rings (SSSR count). The minimum atomic E-state index is -0.706. The van der Waals surface area contributed by atoms with Crippen molar-refractivity contribution in [2.24, 2.45) is 11.5 Å². The molecule has 0 spiro atoms. The highest BCUT2D eigenvalue weighted by molar-refractivity contribution is 5.99. The van der Waals surface area contributed by atoms with E-state index in [1.807, 2.05) is 36.4 Å². The van der Waals surface area contributed by atoms with Crippen molar-refractivity contribution in [1.29, 1.82) is 0 Å². The maximum atomic E-state index is 12.4. The molecule has 0 bridgehead atoms. The maximum absolute atomic E-state index is 12.4. The Morgan fingerprint density at radius 3 is 1.90 bits per heavy atom. The predicted octanol–water partition coefficient (Wildman–Crippen LogP) is 2.57. The van der Waals surface area contributed by atoms with Gasteiger partial charge in [-0.2, -0.15) is 0 Å². The van der Waals surface area contributed by atoms with E-state index in [4.69, 9.17) is 11.5 Å². The second kappa shape index (κ2) is 5.34. The summed E-state index contributed by atoms with van der Waals surface area (Å²) in [5.74, 6) is -0.267. The summed E-state index contributed by atoms with van der Waals surface area (Å²) in [5.41, 5.74) is 15.1. The highest BCUT2D eigenvalue weighted by atomic mass is 16.1. The van der Waals surface area contributed by atoms with Crippen LogP contribution in [0.2, 0.25) is 0 Å². The molecule has 0 saturated carbocycles. The fourth-order valence-corrected chi connectivity index (χ4v) is 3.52. The molecule has 2 aromatic carbocycles. The fourth-order valence-electron chi connectivity index (χ4n) is 3.52. The van der Waals surface area contributed by atoms with Crippen LogP contribution in [0.4, 0.5) is 0 Å². The Kier molecular flexibility index (Phi) is 3.52.